The summed E-state index contributed by atoms with van der Waals surface area (Å²) in [5, 5.41) is 2.64. The number of hydrogen-bond acceptors (Lipinski definition) is 4. The standard InChI is InChI=1S/C19H22N2O3S/c1-5-9-21-18(23)15(17(22)20-19(21)25)11-14-10-13(12(3)4)7-8-16(14)24-6-2/h5,7-8,10-12H,1,6,9H2,2-4H3,(H,20,22,25). The summed E-state index contributed by atoms with van der Waals surface area (Å²) in [6.45, 7) is 10.4. The topological polar surface area (TPSA) is 58.6 Å². The number of nitrogens with one attached hydrogen (secondary N) is 1. The van der Waals surface area contributed by atoms with E-state index >= 15 is 0 Å². The molecule has 1 aliphatic rings. The van der Waals surface area contributed by atoms with Crippen molar-refractivity contribution in [3.05, 3.63) is 47.6 Å². The quantitative estimate of drug-likeness (QED) is 0.368. The Balaban J connectivity index is 2.50. The summed E-state index contributed by atoms with van der Waals surface area (Å²) < 4.78 is 5.64. The molecule has 1 aliphatic heterocycles. The number of carbonyl (C=O) groups excluding carboxylic acids is 2. The highest BCUT2D eigenvalue weighted by molar-refractivity contribution is 7.80. The molecule has 6 heteroatoms. The number of rotatable bonds is 6. The Morgan fingerprint density at radius 1 is 1.36 bits per heavy atom. The molecule has 0 spiro atoms. The Morgan fingerprint density at radius 2 is 2.08 bits per heavy atom. The molecule has 2 amide bonds. The van der Waals surface area contributed by atoms with Crippen molar-refractivity contribution in [3.8, 4) is 5.75 Å². The van der Waals surface area contributed by atoms with Gasteiger partial charge in [0.1, 0.15) is 11.3 Å². The second-order valence-electron chi connectivity index (χ2n) is 5.91. The van der Waals surface area contributed by atoms with E-state index < -0.39 is 11.8 Å². The fraction of sp³-hybridized carbons (Fsp3) is 0.316. The fourth-order valence-electron chi connectivity index (χ4n) is 2.47. The first-order valence-corrected chi connectivity index (χ1v) is 8.56. The molecule has 1 fully saturated rings. The van der Waals surface area contributed by atoms with Gasteiger partial charge >= 0.3 is 0 Å². The predicted molar refractivity (Wildman–Crippen MR) is 102 cm³/mol. The Kier molecular flexibility index (Phi) is 6.09. The minimum absolute atomic E-state index is 0.0253. The molecule has 5 nitrogen and oxygen atoms in total. The van der Waals surface area contributed by atoms with Crippen LogP contribution in [0.3, 0.4) is 0 Å². The summed E-state index contributed by atoms with van der Waals surface area (Å²) in [5.41, 5.74) is 1.81. The zero-order valence-corrected chi connectivity index (χ0v) is 15.5. The van der Waals surface area contributed by atoms with Crippen LogP contribution in [-0.4, -0.2) is 35.0 Å². The van der Waals surface area contributed by atoms with Crippen LogP contribution in [0.25, 0.3) is 6.08 Å². The van der Waals surface area contributed by atoms with Gasteiger partial charge in [-0.3, -0.25) is 19.8 Å². The van der Waals surface area contributed by atoms with Crippen LogP contribution in [0.1, 0.15) is 37.8 Å². The molecule has 25 heavy (non-hydrogen) atoms. The molecule has 0 bridgehead atoms. The number of nitrogens with zero attached hydrogens (tertiary/aromatic N) is 1. The van der Waals surface area contributed by atoms with Gasteiger partial charge in [0.25, 0.3) is 11.8 Å². The molecular weight excluding hydrogens is 336 g/mol. The van der Waals surface area contributed by atoms with Crippen molar-refractivity contribution in [1.29, 1.82) is 0 Å². The number of ether oxygens (including phenoxy) is 1. The lowest BCUT2D eigenvalue weighted by molar-refractivity contribution is -0.128. The monoisotopic (exact) mass is 358 g/mol. The molecule has 0 unspecified atom stereocenters. The second-order valence-corrected chi connectivity index (χ2v) is 6.29. The number of thiocarbonyl (C=S) groups is 1. The van der Waals surface area contributed by atoms with Gasteiger partial charge in [0.15, 0.2) is 5.11 Å². The van der Waals surface area contributed by atoms with Crippen LogP contribution in [0, 0.1) is 0 Å². The largest absolute Gasteiger partial charge is 0.493 e. The van der Waals surface area contributed by atoms with E-state index in [1.165, 1.54) is 4.90 Å². The number of carbonyl (C=O) groups is 2. The van der Waals surface area contributed by atoms with Crippen molar-refractivity contribution in [3.63, 3.8) is 0 Å². The summed E-state index contributed by atoms with van der Waals surface area (Å²) in [4.78, 5) is 26.2. The average molecular weight is 358 g/mol. The third-order valence-corrected chi connectivity index (χ3v) is 4.12. The fourth-order valence-corrected chi connectivity index (χ4v) is 2.72. The van der Waals surface area contributed by atoms with Crippen LogP contribution >= 0.6 is 12.2 Å². The SMILES string of the molecule is C=CCN1C(=O)C(=Cc2cc(C(C)C)ccc2OCC)C(=O)NC1=S. The maximum atomic E-state index is 12.6. The van der Waals surface area contributed by atoms with Gasteiger partial charge in [-0.2, -0.15) is 0 Å². The average Bonchev–Trinajstić information content (AvgIpc) is 2.56. The number of hydrogen-bond donors (Lipinski definition) is 1. The molecule has 0 aliphatic carbocycles. The van der Waals surface area contributed by atoms with E-state index in [2.05, 4.69) is 25.7 Å². The Morgan fingerprint density at radius 3 is 2.68 bits per heavy atom. The van der Waals surface area contributed by atoms with Crippen LogP contribution < -0.4 is 10.1 Å². The Hall–Kier alpha value is -2.47. The first-order chi connectivity index (χ1) is 11.9. The molecule has 0 atom stereocenters. The summed E-state index contributed by atoms with van der Waals surface area (Å²) in [6, 6.07) is 5.79. The number of benzene rings is 1. The van der Waals surface area contributed by atoms with Gasteiger partial charge in [-0.25, -0.2) is 0 Å². The van der Waals surface area contributed by atoms with Gasteiger partial charge in [-0.1, -0.05) is 26.0 Å². The lowest BCUT2D eigenvalue weighted by Gasteiger charge is -2.28. The van der Waals surface area contributed by atoms with Gasteiger partial charge in [-0.05, 0) is 48.8 Å². The molecule has 1 N–H and O–H groups in total. The zero-order chi connectivity index (χ0) is 18.6. The molecule has 0 saturated carbocycles. The van der Waals surface area contributed by atoms with Gasteiger partial charge < -0.3 is 4.74 Å². The predicted octanol–water partition coefficient (Wildman–Crippen LogP) is 3.02. The molecular formula is C19H22N2O3S. The second kappa shape index (κ2) is 8.07. The normalized spacial score (nSPS) is 16.4. The first-order valence-electron chi connectivity index (χ1n) is 8.15. The van der Waals surface area contributed by atoms with Crippen LogP contribution in [0.5, 0.6) is 5.75 Å². The van der Waals surface area contributed by atoms with E-state index in [1.807, 2.05) is 25.1 Å². The first kappa shape index (κ1) is 18.9. The molecule has 0 aromatic heterocycles. The Labute approximate surface area is 153 Å². The summed E-state index contributed by atoms with van der Waals surface area (Å²) >= 11 is 5.06. The van der Waals surface area contributed by atoms with Crippen molar-refractivity contribution in [2.45, 2.75) is 26.7 Å². The highest BCUT2D eigenvalue weighted by Crippen LogP contribution is 2.27. The minimum Gasteiger partial charge on any atom is -0.493 e. The summed E-state index contributed by atoms with van der Waals surface area (Å²) in [6.07, 6.45) is 3.12. The molecule has 1 heterocycles. The van der Waals surface area contributed by atoms with E-state index in [0.717, 1.165) is 5.56 Å². The van der Waals surface area contributed by atoms with E-state index in [0.29, 0.717) is 23.8 Å². The molecule has 1 saturated heterocycles. The van der Waals surface area contributed by atoms with Crippen LogP contribution in [-0.2, 0) is 9.59 Å². The third-order valence-electron chi connectivity index (χ3n) is 3.80. The van der Waals surface area contributed by atoms with Gasteiger partial charge in [0.05, 0.1) is 6.61 Å². The van der Waals surface area contributed by atoms with Crippen molar-refractivity contribution < 1.29 is 14.3 Å². The molecule has 132 valence electrons. The van der Waals surface area contributed by atoms with E-state index in [1.54, 1.807) is 12.2 Å². The third kappa shape index (κ3) is 4.14. The lowest BCUT2D eigenvalue weighted by atomic mass is 9.98. The van der Waals surface area contributed by atoms with Crippen molar-refractivity contribution in [2.24, 2.45) is 0 Å². The number of amides is 2. The van der Waals surface area contributed by atoms with Crippen molar-refractivity contribution in [2.75, 3.05) is 13.2 Å². The van der Waals surface area contributed by atoms with Gasteiger partial charge in [0.2, 0.25) is 0 Å². The molecule has 1 aromatic rings. The van der Waals surface area contributed by atoms with Gasteiger partial charge in [-0.15, -0.1) is 6.58 Å². The molecule has 1 aromatic carbocycles. The van der Waals surface area contributed by atoms with E-state index in [4.69, 9.17) is 17.0 Å². The van der Waals surface area contributed by atoms with Crippen LogP contribution in [0.2, 0.25) is 0 Å². The lowest BCUT2D eigenvalue weighted by Crippen LogP contribution is -2.53. The molecule has 2 rings (SSSR count). The van der Waals surface area contributed by atoms with Crippen LogP contribution in [0.15, 0.2) is 36.4 Å². The van der Waals surface area contributed by atoms with Crippen molar-refractivity contribution in [1.82, 2.24) is 10.2 Å². The summed E-state index contributed by atoms with van der Waals surface area (Å²) in [5.74, 6) is -0.00395. The van der Waals surface area contributed by atoms with Gasteiger partial charge in [0, 0.05) is 12.1 Å². The highest BCUT2D eigenvalue weighted by Gasteiger charge is 2.32. The highest BCUT2D eigenvalue weighted by atomic mass is 32.1. The zero-order valence-electron chi connectivity index (χ0n) is 14.7. The van der Waals surface area contributed by atoms with Crippen molar-refractivity contribution >= 4 is 35.2 Å². The smallest absolute Gasteiger partial charge is 0.265 e. The Bertz CT molecular complexity index is 753. The maximum Gasteiger partial charge on any atom is 0.265 e. The van der Waals surface area contributed by atoms with E-state index in [-0.39, 0.29) is 17.2 Å². The van der Waals surface area contributed by atoms with E-state index in [9.17, 15) is 9.59 Å². The summed E-state index contributed by atoms with van der Waals surface area (Å²) in [7, 11) is 0. The molecule has 0 radical (unpaired) electrons. The minimum atomic E-state index is -0.507. The maximum absolute atomic E-state index is 12.6. The van der Waals surface area contributed by atoms with Crippen LogP contribution in [0.4, 0.5) is 0 Å².